The van der Waals surface area contributed by atoms with Gasteiger partial charge in [-0.3, -0.25) is 4.79 Å². The third-order valence-corrected chi connectivity index (χ3v) is 3.88. The van der Waals surface area contributed by atoms with Crippen molar-refractivity contribution in [2.24, 2.45) is 11.7 Å². The molecular weight excluding hydrogens is 284 g/mol. The largest absolute Gasteiger partial charge is 0.340 e. The second-order valence-corrected chi connectivity index (χ2v) is 6.22. The number of hydrogen-bond donors (Lipinski definition) is 1. The number of carbonyl (C=O) groups is 1. The van der Waals surface area contributed by atoms with E-state index in [4.69, 9.17) is 5.73 Å². The number of amides is 1. The highest BCUT2D eigenvalue weighted by atomic mass is 35.5. The van der Waals surface area contributed by atoms with Gasteiger partial charge in [0.2, 0.25) is 5.91 Å². The van der Waals surface area contributed by atoms with Gasteiger partial charge in [-0.2, -0.15) is 0 Å². The molecule has 1 aliphatic rings. The van der Waals surface area contributed by atoms with Crippen molar-refractivity contribution in [1.29, 1.82) is 0 Å². The van der Waals surface area contributed by atoms with Crippen molar-refractivity contribution >= 4 is 18.3 Å². The minimum atomic E-state index is -0.191. The monoisotopic (exact) mass is 310 g/mol. The molecular formula is C17H27ClN2O. The molecule has 1 fully saturated rings. The van der Waals surface area contributed by atoms with Crippen LogP contribution >= 0.6 is 12.4 Å². The molecule has 0 aliphatic heterocycles. The molecule has 1 atom stereocenters. The van der Waals surface area contributed by atoms with Crippen LogP contribution in [-0.2, 0) is 4.79 Å². The van der Waals surface area contributed by atoms with Crippen LogP contribution in [0.5, 0.6) is 0 Å². The van der Waals surface area contributed by atoms with Gasteiger partial charge in [0.25, 0.3) is 0 Å². The topological polar surface area (TPSA) is 46.3 Å². The maximum atomic E-state index is 12.5. The molecule has 0 radical (unpaired) electrons. The Morgan fingerprint density at radius 1 is 1.29 bits per heavy atom. The van der Waals surface area contributed by atoms with E-state index in [1.165, 1.54) is 0 Å². The molecule has 0 spiro atoms. The van der Waals surface area contributed by atoms with E-state index in [1.807, 2.05) is 30.3 Å². The molecule has 4 heteroatoms. The van der Waals surface area contributed by atoms with Crippen molar-refractivity contribution in [3.8, 4) is 0 Å². The molecule has 1 aromatic carbocycles. The molecule has 3 nitrogen and oxygen atoms in total. The number of halogens is 1. The van der Waals surface area contributed by atoms with Crippen LogP contribution in [-0.4, -0.2) is 23.4 Å². The van der Waals surface area contributed by atoms with E-state index in [-0.39, 0.29) is 24.4 Å². The molecule has 1 saturated carbocycles. The van der Waals surface area contributed by atoms with E-state index < -0.39 is 0 Å². The molecule has 0 heterocycles. The Morgan fingerprint density at radius 2 is 1.90 bits per heavy atom. The smallest absolute Gasteiger partial charge is 0.224 e. The Hall–Kier alpha value is -1.06. The summed E-state index contributed by atoms with van der Waals surface area (Å²) in [7, 11) is 0. The predicted molar refractivity (Wildman–Crippen MR) is 89.4 cm³/mol. The zero-order valence-electron chi connectivity index (χ0n) is 13.0. The fourth-order valence-corrected chi connectivity index (χ4v) is 2.42. The number of benzene rings is 1. The Labute approximate surface area is 134 Å². The minimum Gasteiger partial charge on any atom is -0.340 e. The lowest BCUT2D eigenvalue weighted by Crippen LogP contribution is -2.36. The maximum Gasteiger partial charge on any atom is 0.224 e. The van der Waals surface area contributed by atoms with Gasteiger partial charge in [-0.25, -0.2) is 0 Å². The van der Waals surface area contributed by atoms with Gasteiger partial charge in [-0.05, 0) is 30.7 Å². The van der Waals surface area contributed by atoms with E-state index in [0.717, 1.165) is 31.4 Å². The van der Waals surface area contributed by atoms with E-state index in [2.05, 4.69) is 18.7 Å². The molecule has 0 bridgehead atoms. The van der Waals surface area contributed by atoms with E-state index in [0.29, 0.717) is 18.4 Å². The SMILES string of the molecule is CC(C)CCN(C(=O)CC(N)c1ccccc1)C1CC1.Cl. The van der Waals surface area contributed by atoms with Gasteiger partial charge in [-0.1, -0.05) is 44.2 Å². The summed E-state index contributed by atoms with van der Waals surface area (Å²) in [6.07, 6.45) is 3.80. The van der Waals surface area contributed by atoms with Gasteiger partial charge in [0, 0.05) is 25.0 Å². The average molecular weight is 311 g/mol. The Bertz CT molecular complexity index is 432. The summed E-state index contributed by atoms with van der Waals surface area (Å²) in [5, 5.41) is 0. The molecule has 118 valence electrons. The standard InChI is InChI=1S/C17H26N2O.ClH/c1-13(2)10-11-19(15-8-9-15)17(20)12-16(18)14-6-4-3-5-7-14;/h3-7,13,15-16H,8-12,18H2,1-2H3;1H. The number of nitrogens with two attached hydrogens (primary N) is 1. The molecule has 2 rings (SSSR count). The van der Waals surface area contributed by atoms with Crippen molar-refractivity contribution in [1.82, 2.24) is 4.90 Å². The van der Waals surface area contributed by atoms with Crippen molar-refractivity contribution in [3.05, 3.63) is 35.9 Å². The first-order valence-corrected chi connectivity index (χ1v) is 7.68. The lowest BCUT2D eigenvalue weighted by atomic mass is 10.0. The van der Waals surface area contributed by atoms with Crippen molar-refractivity contribution in [2.75, 3.05) is 6.54 Å². The lowest BCUT2D eigenvalue weighted by Gasteiger charge is -2.25. The molecule has 2 N–H and O–H groups in total. The highest BCUT2D eigenvalue weighted by Crippen LogP contribution is 2.29. The molecule has 0 aromatic heterocycles. The number of carbonyl (C=O) groups excluding carboxylic acids is 1. The fraction of sp³-hybridized carbons (Fsp3) is 0.588. The quantitative estimate of drug-likeness (QED) is 0.837. The molecule has 0 saturated heterocycles. The normalized spacial score (nSPS) is 15.4. The fourth-order valence-electron chi connectivity index (χ4n) is 2.42. The lowest BCUT2D eigenvalue weighted by molar-refractivity contribution is -0.132. The van der Waals surface area contributed by atoms with Crippen molar-refractivity contribution in [3.63, 3.8) is 0 Å². The molecule has 1 unspecified atom stereocenters. The van der Waals surface area contributed by atoms with E-state index in [1.54, 1.807) is 0 Å². The molecule has 1 aromatic rings. The second-order valence-electron chi connectivity index (χ2n) is 6.22. The first kappa shape index (κ1) is 18.0. The summed E-state index contributed by atoms with van der Waals surface area (Å²) in [5.41, 5.74) is 7.20. The zero-order chi connectivity index (χ0) is 14.5. The van der Waals surface area contributed by atoms with Crippen LogP contribution in [0.15, 0.2) is 30.3 Å². The van der Waals surface area contributed by atoms with Crippen molar-refractivity contribution in [2.45, 2.75) is 51.6 Å². The van der Waals surface area contributed by atoms with Crippen LogP contribution < -0.4 is 5.73 Å². The summed E-state index contributed by atoms with van der Waals surface area (Å²) < 4.78 is 0. The Balaban J connectivity index is 0.00000220. The zero-order valence-corrected chi connectivity index (χ0v) is 13.8. The van der Waals surface area contributed by atoms with Gasteiger partial charge < -0.3 is 10.6 Å². The Morgan fingerprint density at radius 3 is 2.43 bits per heavy atom. The highest BCUT2D eigenvalue weighted by molar-refractivity contribution is 5.85. The third kappa shape index (κ3) is 5.68. The predicted octanol–water partition coefficient (Wildman–Crippen LogP) is 3.54. The van der Waals surface area contributed by atoms with Crippen LogP contribution in [0.1, 0.15) is 51.1 Å². The van der Waals surface area contributed by atoms with Crippen LogP contribution in [0.25, 0.3) is 0 Å². The van der Waals surface area contributed by atoms with Crippen LogP contribution in [0.3, 0.4) is 0 Å². The van der Waals surface area contributed by atoms with Crippen molar-refractivity contribution < 1.29 is 4.79 Å². The van der Waals surface area contributed by atoms with E-state index >= 15 is 0 Å². The average Bonchev–Trinajstić information content (AvgIpc) is 3.24. The number of nitrogens with zero attached hydrogens (tertiary/aromatic N) is 1. The first-order valence-electron chi connectivity index (χ1n) is 7.68. The van der Waals surface area contributed by atoms with Crippen LogP contribution in [0.2, 0.25) is 0 Å². The molecule has 21 heavy (non-hydrogen) atoms. The van der Waals surface area contributed by atoms with E-state index in [9.17, 15) is 4.79 Å². The van der Waals surface area contributed by atoms with Crippen LogP contribution in [0.4, 0.5) is 0 Å². The van der Waals surface area contributed by atoms with Gasteiger partial charge in [0.15, 0.2) is 0 Å². The molecule has 1 amide bonds. The van der Waals surface area contributed by atoms with Gasteiger partial charge >= 0.3 is 0 Å². The van der Waals surface area contributed by atoms with Gasteiger partial charge in [-0.15, -0.1) is 12.4 Å². The van der Waals surface area contributed by atoms with Gasteiger partial charge in [0.05, 0.1) is 0 Å². The maximum absolute atomic E-state index is 12.5. The summed E-state index contributed by atoms with van der Waals surface area (Å²) >= 11 is 0. The summed E-state index contributed by atoms with van der Waals surface area (Å²) in [4.78, 5) is 14.5. The third-order valence-electron chi connectivity index (χ3n) is 3.88. The minimum absolute atomic E-state index is 0. The molecule has 1 aliphatic carbocycles. The van der Waals surface area contributed by atoms with Gasteiger partial charge in [0.1, 0.15) is 0 Å². The highest BCUT2D eigenvalue weighted by Gasteiger charge is 2.32. The second kappa shape index (κ2) is 8.40. The van der Waals surface area contributed by atoms with Crippen LogP contribution in [0, 0.1) is 5.92 Å². The first-order chi connectivity index (χ1) is 9.58. The summed E-state index contributed by atoms with van der Waals surface area (Å²) in [6, 6.07) is 10.2. The summed E-state index contributed by atoms with van der Waals surface area (Å²) in [6.45, 7) is 5.28. The Kier molecular flexibility index (Phi) is 7.20. The number of rotatable bonds is 7. The number of hydrogen-bond acceptors (Lipinski definition) is 2. The summed E-state index contributed by atoms with van der Waals surface area (Å²) in [5.74, 6) is 0.844.